The number of nitrogens with one attached hydrogen (secondary N) is 1. The zero-order valence-electron chi connectivity index (χ0n) is 18.8. The molecule has 0 bridgehead atoms. The highest BCUT2D eigenvalue weighted by Crippen LogP contribution is 2.37. The van der Waals surface area contributed by atoms with Crippen molar-refractivity contribution in [3.05, 3.63) is 77.4 Å². The molecule has 0 amide bonds. The highest BCUT2D eigenvalue weighted by Gasteiger charge is 2.26. The maximum atomic E-state index is 11.3. The quantitative estimate of drug-likeness (QED) is 0.425. The molecule has 0 radical (unpaired) electrons. The highest BCUT2D eigenvalue weighted by atomic mass is 16.6. The molecule has 3 aromatic carbocycles. The van der Waals surface area contributed by atoms with Crippen LogP contribution in [0.4, 0.5) is 5.69 Å². The predicted octanol–water partition coefficient (Wildman–Crippen LogP) is 4.95. The summed E-state index contributed by atoms with van der Waals surface area (Å²) in [5.74, 6) is 0.433. The Morgan fingerprint density at radius 1 is 1.18 bits per heavy atom. The average Bonchev–Trinajstić information content (AvgIpc) is 3.39. The number of methoxy groups -OCH3 is 1. The third kappa shape index (κ3) is 3.86. The van der Waals surface area contributed by atoms with Gasteiger partial charge in [0, 0.05) is 30.8 Å². The Morgan fingerprint density at radius 2 is 2.03 bits per heavy atom. The number of nitrogens with zero attached hydrogens (tertiary/aromatic N) is 2. The number of para-hydroxylation sites is 2. The molecule has 168 valence electrons. The number of fused-ring (bicyclic) bond motifs is 2. The lowest BCUT2D eigenvalue weighted by molar-refractivity contribution is -0.147. The molecule has 0 aliphatic carbocycles. The monoisotopic (exact) mass is 443 g/mol. The van der Waals surface area contributed by atoms with Crippen molar-refractivity contribution in [2.24, 2.45) is 0 Å². The van der Waals surface area contributed by atoms with Gasteiger partial charge in [0.15, 0.2) is 6.10 Å². The molecule has 7 nitrogen and oxygen atoms in total. The summed E-state index contributed by atoms with van der Waals surface area (Å²) in [6.07, 6.45) is -0.342. The number of carbonyl (C=O) groups excluding carboxylic acids is 1. The maximum absolute atomic E-state index is 11.3. The summed E-state index contributed by atoms with van der Waals surface area (Å²) in [5.41, 5.74) is 7.05. The van der Waals surface area contributed by atoms with Crippen molar-refractivity contribution in [1.29, 1.82) is 0 Å². The fraction of sp³-hybridized carbons (Fsp3) is 0.231. The van der Waals surface area contributed by atoms with Crippen molar-refractivity contribution in [3.8, 4) is 17.4 Å². The fourth-order valence-corrected chi connectivity index (χ4v) is 4.26. The van der Waals surface area contributed by atoms with Gasteiger partial charge < -0.3 is 19.5 Å². The van der Waals surface area contributed by atoms with Crippen molar-refractivity contribution in [1.82, 2.24) is 9.55 Å². The van der Waals surface area contributed by atoms with Crippen LogP contribution in [0.5, 0.6) is 11.8 Å². The van der Waals surface area contributed by atoms with Gasteiger partial charge in [0.25, 0.3) is 0 Å². The van der Waals surface area contributed by atoms with Crippen LogP contribution in [0.3, 0.4) is 0 Å². The summed E-state index contributed by atoms with van der Waals surface area (Å²) >= 11 is 0. The summed E-state index contributed by atoms with van der Waals surface area (Å²) in [4.78, 5) is 15.9. The third-order valence-corrected chi connectivity index (χ3v) is 5.91. The van der Waals surface area contributed by atoms with E-state index in [1.807, 2.05) is 53.1 Å². The number of esters is 1. The normalized spacial score (nSPS) is 14.6. The van der Waals surface area contributed by atoms with E-state index in [0.717, 1.165) is 44.8 Å². The standard InChI is InChI=1S/C26H25N3O4/c1-16-18(14-27-19-11-12-20-24(13-19)32-15-25(20)33-17(2)30)7-6-10-22(16)29-23-9-5-4-8-21(23)28-26(29)31-3/h4-13,25,27H,14-15H2,1-3H3/t25-/m1/s1. The molecule has 0 unspecified atom stereocenters. The van der Waals surface area contributed by atoms with Gasteiger partial charge in [-0.25, -0.2) is 0 Å². The van der Waals surface area contributed by atoms with Gasteiger partial charge in [-0.1, -0.05) is 24.3 Å². The molecule has 5 rings (SSSR count). The molecular formula is C26H25N3O4. The van der Waals surface area contributed by atoms with Crippen LogP contribution in [-0.2, 0) is 16.1 Å². The van der Waals surface area contributed by atoms with Crippen molar-refractivity contribution in [3.63, 3.8) is 0 Å². The SMILES string of the molecule is COc1nc2ccccc2n1-c1cccc(CNc2ccc3c(c2)OC[C@H]3OC(C)=O)c1C. The first-order chi connectivity index (χ1) is 16.0. The maximum Gasteiger partial charge on any atom is 0.303 e. The van der Waals surface area contributed by atoms with E-state index < -0.39 is 0 Å². The number of hydrogen-bond acceptors (Lipinski definition) is 6. The van der Waals surface area contributed by atoms with Crippen molar-refractivity contribution in [2.45, 2.75) is 26.5 Å². The minimum absolute atomic E-state index is 0.309. The zero-order chi connectivity index (χ0) is 22.9. The Hall–Kier alpha value is -4.00. The molecule has 1 N–H and O–H groups in total. The van der Waals surface area contributed by atoms with Crippen molar-refractivity contribution in [2.75, 3.05) is 19.0 Å². The summed E-state index contributed by atoms with van der Waals surface area (Å²) in [7, 11) is 1.64. The fourth-order valence-electron chi connectivity index (χ4n) is 4.26. The molecule has 0 spiro atoms. The van der Waals surface area contributed by atoms with E-state index >= 15 is 0 Å². The van der Waals surface area contributed by atoms with Crippen LogP contribution >= 0.6 is 0 Å². The lowest BCUT2D eigenvalue weighted by atomic mass is 10.1. The van der Waals surface area contributed by atoms with Crippen LogP contribution in [0.1, 0.15) is 29.7 Å². The Labute approximate surface area is 191 Å². The van der Waals surface area contributed by atoms with Crippen LogP contribution in [0.15, 0.2) is 60.7 Å². The highest BCUT2D eigenvalue weighted by molar-refractivity contribution is 5.79. The van der Waals surface area contributed by atoms with Gasteiger partial charge in [0.05, 0.1) is 23.8 Å². The second kappa shape index (κ2) is 8.50. The first kappa shape index (κ1) is 20.9. The minimum Gasteiger partial charge on any atom is -0.489 e. The molecule has 1 aliphatic rings. The van der Waals surface area contributed by atoms with Gasteiger partial charge in [-0.3, -0.25) is 9.36 Å². The van der Waals surface area contributed by atoms with Crippen LogP contribution in [0.2, 0.25) is 0 Å². The van der Waals surface area contributed by atoms with Crippen LogP contribution in [0, 0.1) is 6.92 Å². The van der Waals surface area contributed by atoms with Crippen molar-refractivity contribution >= 4 is 22.7 Å². The zero-order valence-corrected chi connectivity index (χ0v) is 18.8. The summed E-state index contributed by atoms with van der Waals surface area (Å²) in [6.45, 7) is 4.50. The van der Waals surface area contributed by atoms with Gasteiger partial charge in [-0.2, -0.15) is 4.98 Å². The van der Waals surface area contributed by atoms with Gasteiger partial charge in [-0.15, -0.1) is 0 Å². The molecule has 1 aromatic heterocycles. The number of anilines is 1. The van der Waals surface area contributed by atoms with E-state index in [-0.39, 0.29) is 12.1 Å². The summed E-state index contributed by atoms with van der Waals surface area (Å²) in [5, 5.41) is 3.48. The van der Waals surface area contributed by atoms with E-state index in [2.05, 4.69) is 29.4 Å². The van der Waals surface area contributed by atoms with E-state index in [1.165, 1.54) is 6.92 Å². The van der Waals surface area contributed by atoms with Crippen LogP contribution in [-0.4, -0.2) is 29.2 Å². The Morgan fingerprint density at radius 3 is 2.85 bits per heavy atom. The van der Waals surface area contributed by atoms with Crippen LogP contribution < -0.4 is 14.8 Å². The molecule has 33 heavy (non-hydrogen) atoms. The molecule has 0 saturated carbocycles. The van der Waals surface area contributed by atoms with E-state index in [9.17, 15) is 4.79 Å². The smallest absolute Gasteiger partial charge is 0.303 e. The predicted molar refractivity (Wildman–Crippen MR) is 126 cm³/mol. The number of rotatable bonds is 6. The molecule has 1 atom stereocenters. The number of imidazole rings is 1. The molecule has 2 heterocycles. The molecular weight excluding hydrogens is 418 g/mol. The summed E-state index contributed by atoms with van der Waals surface area (Å²) in [6, 6.07) is 20.7. The lowest BCUT2D eigenvalue weighted by Gasteiger charge is -2.16. The number of hydrogen-bond donors (Lipinski definition) is 1. The molecule has 7 heteroatoms. The van der Waals surface area contributed by atoms with Crippen molar-refractivity contribution < 1.29 is 19.0 Å². The minimum atomic E-state index is -0.342. The van der Waals surface area contributed by atoms with Crippen LogP contribution in [0.25, 0.3) is 16.7 Å². The first-order valence-electron chi connectivity index (χ1n) is 10.8. The number of benzene rings is 3. The number of ether oxygens (including phenoxy) is 3. The topological polar surface area (TPSA) is 74.6 Å². The molecule has 0 saturated heterocycles. The average molecular weight is 444 g/mol. The lowest BCUT2D eigenvalue weighted by Crippen LogP contribution is -2.09. The molecule has 4 aromatic rings. The molecule has 1 aliphatic heterocycles. The summed E-state index contributed by atoms with van der Waals surface area (Å²) < 4.78 is 18.7. The second-order valence-electron chi connectivity index (χ2n) is 8.00. The van der Waals surface area contributed by atoms with Gasteiger partial charge in [-0.05, 0) is 48.4 Å². The van der Waals surface area contributed by atoms with E-state index in [1.54, 1.807) is 7.11 Å². The largest absolute Gasteiger partial charge is 0.489 e. The van der Waals surface area contributed by atoms with E-state index in [0.29, 0.717) is 19.2 Å². The second-order valence-corrected chi connectivity index (χ2v) is 8.00. The molecule has 0 fully saturated rings. The Kier molecular flexibility index (Phi) is 5.38. The first-order valence-corrected chi connectivity index (χ1v) is 10.8. The van der Waals surface area contributed by atoms with Gasteiger partial charge in [0.1, 0.15) is 12.4 Å². The van der Waals surface area contributed by atoms with Gasteiger partial charge in [0.2, 0.25) is 0 Å². The van der Waals surface area contributed by atoms with E-state index in [4.69, 9.17) is 14.2 Å². The third-order valence-electron chi connectivity index (χ3n) is 5.91. The van der Waals surface area contributed by atoms with Gasteiger partial charge >= 0.3 is 12.0 Å². The number of aromatic nitrogens is 2. The Bertz CT molecular complexity index is 1340. The Balaban J connectivity index is 1.40. The number of carbonyl (C=O) groups is 1.